The van der Waals surface area contributed by atoms with Gasteiger partial charge in [0, 0.05) is 6.07 Å². The minimum Gasteiger partial charge on any atom is -0.468 e. The number of pyridine rings is 1. The van der Waals surface area contributed by atoms with E-state index in [0.29, 0.717) is 6.92 Å². The van der Waals surface area contributed by atoms with Gasteiger partial charge in [0.1, 0.15) is 0 Å². The molecule has 0 bridgehead atoms. The third-order valence-corrected chi connectivity index (χ3v) is 4.02. The molecule has 0 amide bonds. The second-order valence-electron chi connectivity index (χ2n) is 4.12. The van der Waals surface area contributed by atoms with E-state index in [1.807, 2.05) is 0 Å². The maximum Gasteiger partial charge on any atom is 0.422 e. The van der Waals surface area contributed by atoms with Crippen molar-refractivity contribution in [3.8, 4) is 5.88 Å². The molecule has 22 heavy (non-hydrogen) atoms. The molecule has 1 rings (SSSR count). The van der Waals surface area contributed by atoms with Crippen LogP contribution in [0.4, 0.5) is 32.0 Å². The van der Waals surface area contributed by atoms with Crippen molar-refractivity contribution in [3.63, 3.8) is 0 Å². The zero-order chi connectivity index (χ0) is 17.2. The number of nitrogens with zero attached hydrogens (tertiary/aromatic N) is 1. The summed E-state index contributed by atoms with van der Waals surface area (Å²) < 4.78 is 102. The normalized spacial score (nSPS) is 14.5. The molecule has 1 N–H and O–H groups in total. The number of rotatable bonds is 5. The molecule has 1 aromatic rings. The van der Waals surface area contributed by atoms with Crippen LogP contribution in [0.15, 0.2) is 18.3 Å². The van der Waals surface area contributed by atoms with Gasteiger partial charge in [-0.1, -0.05) is 0 Å². The first-order chi connectivity index (χ1) is 9.81. The zero-order valence-corrected chi connectivity index (χ0v) is 11.7. The van der Waals surface area contributed by atoms with Crippen molar-refractivity contribution >= 4 is 15.7 Å². The van der Waals surface area contributed by atoms with Crippen LogP contribution in [0.5, 0.6) is 5.88 Å². The van der Waals surface area contributed by atoms with Gasteiger partial charge in [-0.3, -0.25) is 4.72 Å². The van der Waals surface area contributed by atoms with E-state index in [0.717, 1.165) is 18.3 Å². The summed E-state index contributed by atoms with van der Waals surface area (Å²) in [6.45, 7) is -1.15. The molecule has 0 saturated carbocycles. The highest BCUT2D eigenvalue weighted by Gasteiger charge is 2.45. The number of nitrogens with one attached hydrogen (secondary N) is 1. The minimum atomic E-state index is -4.96. The van der Waals surface area contributed by atoms with Crippen LogP contribution in [-0.4, -0.2) is 37.6 Å². The van der Waals surface area contributed by atoms with E-state index in [-0.39, 0.29) is 5.69 Å². The summed E-state index contributed by atoms with van der Waals surface area (Å²) in [5.41, 5.74) is -0.338. The molecule has 1 unspecified atom stereocenters. The molecule has 0 aliphatic rings. The minimum absolute atomic E-state index is 0.338. The van der Waals surface area contributed by atoms with Crippen LogP contribution < -0.4 is 9.46 Å². The molecule has 5 nitrogen and oxygen atoms in total. The maximum atomic E-state index is 12.4. The smallest absolute Gasteiger partial charge is 0.422 e. The number of halogens is 6. The van der Waals surface area contributed by atoms with Crippen LogP contribution in [0.25, 0.3) is 0 Å². The van der Waals surface area contributed by atoms with Crippen molar-refractivity contribution in [2.45, 2.75) is 24.5 Å². The molecule has 0 aromatic carbocycles. The van der Waals surface area contributed by atoms with Gasteiger partial charge in [0.25, 0.3) is 0 Å². The molecule has 0 saturated heterocycles. The summed E-state index contributed by atoms with van der Waals surface area (Å²) in [5.74, 6) is -0.454. The molecule has 12 heteroatoms. The summed E-state index contributed by atoms with van der Waals surface area (Å²) in [5, 5.41) is -2.67. The quantitative estimate of drug-likeness (QED) is 0.828. The molecular formula is C10H10F6N2O3S. The molecular weight excluding hydrogens is 342 g/mol. The van der Waals surface area contributed by atoms with Crippen LogP contribution in [0.3, 0.4) is 0 Å². The highest BCUT2D eigenvalue weighted by Crippen LogP contribution is 2.27. The number of aromatic nitrogens is 1. The fourth-order valence-electron chi connectivity index (χ4n) is 1.11. The van der Waals surface area contributed by atoms with Crippen molar-refractivity contribution in [2.24, 2.45) is 0 Å². The molecule has 0 spiro atoms. The van der Waals surface area contributed by atoms with Crippen LogP contribution >= 0.6 is 0 Å². The van der Waals surface area contributed by atoms with E-state index in [2.05, 4.69) is 9.72 Å². The summed E-state index contributed by atoms with van der Waals surface area (Å²) in [6, 6.07) is 1.82. The fourth-order valence-corrected chi connectivity index (χ4v) is 2.09. The third-order valence-electron chi connectivity index (χ3n) is 2.31. The van der Waals surface area contributed by atoms with Crippen molar-refractivity contribution < 1.29 is 39.5 Å². The van der Waals surface area contributed by atoms with Gasteiger partial charge >= 0.3 is 12.4 Å². The van der Waals surface area contributed by atoms with Crippen LogP contribution in [0, 0.1) is 0 Å². The van der Waals surface area contributed by atoms with Gasteiger partial charge in [-0.2, -0.15) is 26.3 Å². The van der Waals surface area contributed by atoms with E-state index < -0.39 is 40.1 Å². The Hall–Kier alpha value is -1.72. The van der Waals surface area contributed by atoms with Crippen molar-refractivity contribution in [3.05, 3.63) is 18.3 Å². The van der Waals surface area contributed by atoms with Gasteiger partial charge in [-0.05, 0) is 13.0 Å². The lowest BCUT2D eigenvalue weighted by atomic mass is 10.4. The molecule has 1 aromatic heterocycles. The Morgan fingerprint density at radius 3 is 2.23 bits per heavy atom. The summed E-state index contributed by atoms with van der Waals surface area (Å²) in [7, 11) is -4.76. The molecule has 0 aliphatic carbocycles. The first-order valence-electron chi connectivity index (χ1n) is 5.55. The topological polar surface area (TPSA) is 68.3 Å². The van der Waals surface area contributed by atoms with Crippen molar-refractivity contribution in [1.29, 1.82) is 0 Å². The lowest BCUT2D eigenvalue weighted by molar-refractivity contribution is -0.154. The second kappa shape index (κ2) is 6.18. The van der Waals surface area contributed by atoms with Crippen molar-refractivity contribution in [2.75, 3.05) is 11.3 Å². The van der Waals surface area contributed by atoms with E-state index in [9.17, 15) is 34.8 Å². The molecule has 0 radical (unpaired) electrons. The summed E-state index contributed by atoms with van der Waals surface area (Å²) in [4.78, 5) is 3.36. The largest absolute Gasteiger partial charge is 0.468 e. The highest BCUT2D eigenvalue weighted by molar-refractivity contribution is 7.93. The number of alkyl halides is 6. The first-order valence-corrected chi connectivity index (χ1v) is 7.10. The number of hydrogen-bond donors (Lipinski definition) is 1. The molecule has 126 valence electrons. The SMILES string of the molecule is CC(C(F)(F)F)S(=O)(=O)Nc1ccc(OCC(F)(F)F)nc1. The lowest BCUT2D eigenvalue weighted by Crippen LogP contribution is -2.37. The first kappa shape index (κ1) is 18.3. The monoisotopic (exact) mass is 352 g/mol. The van der Waals surface area contributed by atoms with E-state index in [1.54, 1.807) is 4.72 Å². The fraction of sp³-hybridized carbons (Fsp3) is 0.500. The van der Waals surface area contributed by atoms with Crippen LogP contribution in [0.1, 0.15) is 6.92 Å². The Labute approximate surface area is 121 Å². The van der Waals surface area contributed by atoms with Crippen LogP contribution in [-0.2, 0) is 10.0 Å². The van der Waals surface area contributed by atoms with Crippen LogP contribution in [0.2, 0.25) is 0 Å². The van der Waals surface area contributed by atoms with E-state index in [1.165, 1.54) is 0 Å². The number of hydrogen-bond acceptors (Lipinski definition) is 4. The Kier molecular flexibility index (Phi) is 5.15. The molecule has 0 aliphatic heterocycles. The zero-order valence-electron chi connectivity index (χ0n) is 10.9. The summed E-state index contributed by atoms with van der Waals surface area (Å²) in [6.07, 6.45) is -8.80. The maximum absolute atomic E-state index is 12.4. The van der Waals surface area contributed by atoms with Crippen molar-refractivity contribution in [1.82, 2.24) is 4.98 Å². The average Bonchev–Trinajstić information content (AvgIpc) is 2.34. The standard InChI is InChI=1S/C10H10F6N2O3S/c1-6(10(14,15)16)22(19,20)18-7-2-3-8(17-4-7)21-5-9(11,12)13/h2-4,6,18H,5H2,1H3. The van der Waals surface area contributed by atoms with E-state index >= 15 is 0 Å². The Balaban J connectivity index is 2.76. The summed E-state index contributed by atoms with van der Waals surface area (Å²) >= 11 is 0. The predicted molar refractivity (Wildman–Crippen MR) is 63.8 cm³/mol. The Morgan fingerprint density at radius 1 is 1.23 bits per heavy atom. The van der Waals surface area contributed by atoms with Gasteiger partial charge < -0.3 is 4.74 Å². The molecule has 1 heterocycles. The van der Waals surface area contributed by atoms with Gasteiger partial charge in [0.2, 0.25) is 15.9 Å². The Bertz CT molecular complexity index is 597. The number of sulfonamides is 1. The molecule has 1 atom stereocenters. The third kappa shape index (κ3) is 5.58. The Morgan fingerprint density at radius 2 is 1.82 bits per heavy atom. The lowest BCUT2D eigenvalue weighted by Gasteiger charge is -2.17. The molecule has 0 fully saturated rings. The average molecular weight is 352 g/mol. The predicted octanol–water partition coefficient (Wildman–Crippen LogP) is 2.72. The van der Waals surface area contributed by atoms with Gasteiger partial charge in [0.05, 0.1) is 11.9 Å². The highest BCUT2D eigenvalue weighted by atomic mass is 32.2. The number of ether oxygens (including phenoxy) is 1. The van der Waals surface area contributed by atoms with E-state index in [4.69, 9.17) is 0 Å². The second-order valence-corrected chi connectivity index (χ2v) is 6.12. The van der Waals surface area contributed by atoms with Gasteiger partial charge in [-0.25, -0.2) is 13.4 Å². The van der Waals surface area contributed by atoms with Gasteiger partial charge in [-0.15, -0.1) is 0 Å². The number of anilines is 1. The van der Waals surface area contributed by atoms with Gasteiger partial charge in [0.15, 0.2) is 11.9 Å².